The van der Waals surface area contributed by atoms with Crippen molar-refractivity contribution >= 4 is 0 Å². The van der Waals surface area contributed by atoms with E-state index < -0.39 is 0 Å². The summed E-state index contributed by atoms with van der Waals surface area (Å²) in [6.45, 7) is 7.06. The maximum absolute atomic E-state index is 2.38. The van der Waals surface area contributed by atoms with E-state index in [0.29, 0.717) is 5.92 Å². The third kappa shape index (κ3) is 5.22. The Morgan fingerprint density at radius 2 is 1.19 bits per heavy atom. The van der Waals surface area contributed by atoms with Crippen molar-refractivity contribution in [3.05, 3.63) is 71.8 Å². The Labute approximate surface area is 162 Å². The molecule has 2 aromatic rings. The van der Waals surface area contributed by atoms with Crippen LogP contribution >= 0.6 is 0 Å². The van der Waals surface area contributed by atoms with Crippen LogP contribution in [0, 0.1) is 0 Å². The third-order valence-electron chi connectivity index (χ3n) is 6.33. The molecule has 0 bridgehead atoms. The van der Waals surface area contributed by atoms with Crippen molar-refractivity contribution in [1.82, 2.24) is 0 Å². The summed E-state index contributed by atoms with van der Waals surface area (Å²) >= 11 is 0. The molecule has 0 aromatic heterocycles. The lowest BCUT2D eigenvalue weighted by molar-refractivity contribution is 0.296. The Morgan fingerprint density at radius 3 is 1.77 bits per heavy atom. The predicted molar refractivity (Wildman–Crippen MR) is 116 cm³/mol. The fraction of sp³-hybridized carbons (Fsp3) is 0.538. The molecule has 0 fully saturated rings. The van der Waals surface area contributed by atoms with Gasteiger partial charge in [-0.05, 0) is 36.3 Å². The number of hydrogen-bond donors (Lipinski definition) is 0. The predicted octanol–water partition coefficient (Wildman–Crippen LogP) is 8.28. The van der Waals surface area contributed by atoms with Crippen molar-refractivity contribution < 1.29 is 0 Å². The van der Waals surface area contributed by atoms with Crippen LogP contribution in [0.2, 0.25) is 0 Å². The van der Waals surface area contributed by atoms with Crippen molar-refractivity contribution in [1.29, 1.82) is 0 Å². The smallest absolute Gasteiger partial charge is 0.00164 e. The molecule has 1 atom stereocenters. The van der Waals surface area contributed by atoms with Gasteiger partial charge in [-0.25, -0.2) is 0 Å². The zero-order chi connectivity index (χ0) is 18.7. The van der Waals surface area contributed by atoms with Crippen molar-refractivity contribution in [3.63, 3.8) is 0 Å². The lowest BCUT2D eigenvalue weighted by atomic mass is 9.63. The van der Waals surface area contributed by atoms with Gasteiger partial charge in [-0.2, -0.15) is 0 Å². The van der Waals surface area contributed by atoms with Crippen LogP contribution in [0.3, 0.4) is 0 Å². The van der Waals surface area contributed by atoms with E-state index in [2.05, 4.69) is 81.4 Å². The van der Waals surface area contributed by atoms with Gasteiger partial charge in [-0.15, -0.1) is 0 Å². The highest BCUT2D eigenvalue weighted by Crippen LogP contribution is 2.47. The zero-order valence-corrected chi connectivity index (χ0v) is 17.2. The van der Waals surface area contributed by atoms with Crippen molar-refractivity contribution in [3.8, 4) is 0 Å². The second-order valence-electron chi connectivity index (χ2n) is 7.75. The maximum atomic E-state index is 2.38. The monoisotopic (exact) mass is 350 g/mol. The fourth-order valence-corrected chi connectivity index (χ4v) is 4.70. The van der Waals surface area contributed by atoms with Crippen LogP contribution in [0.1, 0.15) is 95.6 Å². The largest absolute Gasteiger partial charge is 0.0654 e. The van der Waals surface area contributed by atoms with E-state index in [1.165, 1.54) is 68.9 Å². The van der Waals surface area contributed by atoms with Gasteiger partial charge in [-0.1, -0.05) is 120 Å². The standard InChI is InChI=1S/C26H38/c1-4-7-8-9-10-17-22-25(23-18-13-11-14-19-23)26(5-2,6-3)24-20-15-12-16-21-24/h11-16,18-21,25H,4-10,17,22H2,1-3H3. The first-order chi connectivity index (χ1) is 12.8. The minimum atomic E-state index is 0.242. The first-order valence-corrected chi connectivity index (χ1v) is 10.9. The van der Waals surface area contributed by atoms with E-state index in [0.717, 1.165) is 0 Å². The highest BCUT2D eigenvalue weighted by Gasteiger charge is 2.37. The highest BCUT2D eigenvalue weighted by atomic mass is 14.4. The molecule has 0 N–H and O–H groups in total. The summed E-state index contributed by atoms with van der Waals surface area (Å²) in [5.74, 6) is 0.604. The van der Waals surface area contributed by atoms with Crippen LogP contribution in [0.5, 0.6) is 0 Å². The number of hydrogen-bond acceptors (Lipinski definition) is 0. The molecule has 0 radical (unpaired) electrons. The van der Waals surface area contributed by atoms with Crippen LogP contribution in [0.4, 0.5) is 0 Å². The summed E-state index contributed by atoms with van der Waals surface area (Å²) in [4.78, 5) is 0. The molecule has 26 heavy (non-hydrogen) atoms. The van der Waals surface area contributed by atoms with E-state index in [9.17, 15) is 0 Å². The molecule has 0 spiro atoms. The van der Waals surface area contributed by atoms with Crippen LogP contribution in [-0.2, 0) is 5.41 Å². The second-order valence-corrected chi connectivity index (χ2v) is 7.75. The van der Waals surface area contributed by atoms with Crippen LogP contribution < -0.4 is 0 Å². The second kappa shape index (κ2) is 11.2. The zero-order valence-electron chi connectivity index (χ0n) is 17.2. The minimum Gasteiger partial charge on any atom is -0.0654 e. The average Bonchev–Trinajstić information content (AvgIpc) is 2.71. The van der Waals surface area contributed by atoms with Gasteiger partial charge in [0.05, 0.1) is 0 Å². The number of rotatable bonds is 12. The van der Waals surface area contributed by atoms with Crippen molar-refractivity contribution in [2.75, 3.05) is 0 Å². The molecule has 0 heteroatoms. The fourth-order valence-electron chi connectivity index (χ4n) is 4.70. The quantitative estimate of drug-likeness (QED) is 0.338. The summed E-state index contributed by atoms with van der Waals surface area (Å²) in [5.41, 5.74) is 3.28. The van der Waals surface area contributed by atoms with Crippen molar-refractivity contribution in [2.24, 2.45) is 0 Å². The Bertz CT molecular complexity index is 580. The van der Waals surface area contributed by atoms with Crippen LogP contribution in [0.25, 0.3) is 0 Å². The number of benzene rings is 2. The maximum Gasteiger partial charge on any atom is 0.00164 e. The lowest BCUT2D eigenvalue weighted by Crippen LogP contribution is -2.33. The molecule has 2 aromatic carbocycles. The molecule has 0 nitrogen and oxygen atoms in total. The third-order valence-corrected chi connectivity index (χ3v) is 6.33. The molecule has 0 heterocycles. The Balaban J connectivity index is 2.23. The summed E-state index contributed by atoms with van der Waals surface area (Å²) in [6, 6.07) is 22.5. The van der Waals surface area contributed by atoms with Gasteiger partial charge < -0.3 is 0 Å². The Morgan fingerprint density at radius 1 is 0.654 bits per heavy atom. The van der Waals surface area contributed by atoms with Gasteiger partial charge in [-0.3, -0.25) is 0 Å². The molecule has 0 saturated carbocycles. The summed E-state index contributed by atoms with van der Waals surface area (Å²) in [7, 11) is 0. The van der Waals surface area contributed by atoms with E-state index in [1.807, 2.05) is 0 Å². The van der Waals surface area contributed by atoms with E-state index >= 15 is 0 Å². The molecule has 0 aliphatic heterocycles. The van der Waals surface area contributed by atoms with Gasteiger partial charge in [0.25, 0.3) is 0 Å². The Kier molecular flexibility index (Phi) is 8.95. The molecule has 1 unspecified atom stereocenters. The first kappa shape index (κ1) is 20.7. The highest BCUT2D eigenvalue weighted by molar-refractivity contribution is 5.33. The Hall–Kier alpha value is -1.56. The number of unbranched alkanes of at least 4 members (excludes halogenated alkanes) is 5. The normalized spacial score (nSPS) is 12.9. The summed E-state index contributed by atoms with van der Waals surface area (Å²) in [5, 5.41) is 0. The SMILES string of the molecule is CCCCCCCCC(c1ccccc1)C(CC)(CC)c1ccccc1. The summed E-state index contributed by atoms with van der Waals surface area (Å²) in [6.07, 6.45) is 11.9. The van der Waals surface area contributed by atoms with Crippen LogP contribution in [-0.4, -0.2) is 0 Å². The summed E-state index contributed by atoms with van der Waals surface area (Å²) < 4.78 is 0. The molecular weight excluding hydrogens is 312 g/mol. The molecule has 0 saturated heterocycles. The molecular formula is C26H38. The van der Waals surface area contributed by atoms with Gasteiger partial charge >= 0.3 is 0 Å². The van der Waals surface area contributed by atoms with Crippen molar-refractivity contribution in [2.45, 2.75) is 89.9 Å². The van der Waals surface area contributed by atoms with E-state index in [-0.39, 0.29) is 5.41 Å². The molecule has 0 amide bonds. The van der Waals surface area contributed by atoms with Gasteiger partial charge in [0, 0.05) is 5.41 Å². The average molecular weight is 351 g/mol. The molecule has 142 valence electrons. The lowest BCUT2D eigenvalue weighted by Gasteiger charge is -2.41. The molecule has 0 aliphatic carbocycles. The molecule has 0 aliphatic rings. The van der Waals surface area contributed by atoms with Gasteiger partial charge in [0.15, 0.2) is 0 Å². The van der Waals surface area contributed by atoms with E-state index in [4.69, 9.17) is 0 Å². The van der Waals surface area contributed by atoms with Gasteiger partial charge in [0.2, 0.25) is 0 Å². The van der Waals surface area contributed by atoms with E-state index in [1.54, 1.807) is 0 Å². The topological polar surface area (TPSA) is 0 Å². The van der Waals surface area contributed by atoms with Crippen LogP contribution in [0.15, 0.2) is 60.7 Å². The minimum absolute atomic E-state index is 0.242. The van der Waals surface area contributed by atoms with Gasteiger partial charge in [0.1, 0.15) is 0 Å². The molecule has 2 rings (SSSR count). The first-order valence-electron chi connectivity index (χ1n) is 10.9.